The average molecular weight is 374 g/mol. The van der Waals surface area contributed by atoms with Crippen LogP contribution in [-0.4, -0.2) is 60.3 Å². The summed E-state index contributed by atoms with van der Waals surface area (Å²) in [5.41, 5.74) is 0.832. The van der Waals surface area contributed by atoms with Gasteiger partial charge in [-0.25, -0.2) is 9.18 Å². The van der Waals surface area contributed by atoms with Crippen LogP contribution >= 0.6 is 0 Å². The topological polar surface area (TPSA) is 68.6 Å². The van der Waals surface area contributed by atoms with E-state index in [2.05, 4.69) is 10.2 Å². The maximum Gasteiger partial charge on any atom is 0.410 e. The summed E-state index contributed by atoms with van der Waals surface area (Å²) in [4.78, 5) is 17.0. The molecule has 1 amide bonds. The van der Waals surface area contributed by atoms with Crippen LogP contribution < -0.4 is 5.32 Å². The van der Waals surface area contributed by atoms with Gasteiger partial charge in [-0.15, -0.1) is 0 Å². The highest BCUT2D eigenvalue weighted by molar-refractivity contribution is 5.69. The molecular weight excluding hydrogens is 347 g/mol. The number of hydrogen-bond acceptors (Lipinski definition) is 5. The number of carbonyl (C=O) groups excluding carboxylic acids is 1. The molecule has 27 heavy (non-hydrogen) atoms. The van der Waals surface area contributed by atoms with Crippen LogP contribution in [-0.2, 0) is 4.74 Å². The third kappa shape index (κ3) is 4.07. The molecule has 0 bridgehead atoms. The Morgan fingerprint density at radius 2 is 2.11 bits per heavy atom. The average Bonchev–Trinajstić information content (AvgIpc) is 2.60. The Labute approximate surface area is 159 Å². The molecule has 0 spiro atoms. The second-order valence-corrected chi connectivity index (χ2v) is 8.25. The fourth-order valence-electron chi connectivity index (χ4n) is 3.88. The lowest BCUT2D eigenvalue weighted by molar-refractivity contribution is -0.0213. The second kappa shape index (κ2) is 7.45. The Morgan fingerprint density at radius 3 is 2.78 bits per heavy atom. The lowest BCUT2D eigenvalue weighted by Crippen LogP contribution is -2.63. The molecule has 2 fully saturated rings. The molecule has 7 heteroatoms. The van der Waals surface area contributed by atoms with E-state index in [1.807, 2.05) is 26.8 Å². The third-order valence-electron chi connectivity index (χ3n) is 5.22. The van der Waals surface area contributed by atoms with Crippen molar-refractivity contribution in [1.82, 2.24) is 15.1 Å². The minimum absolute atomic E-state index is 0.0408. The predicted molar refractivity (Wildman–Crippen MR) is 99.8 cm³/mol. The molecule has 2 atom stereocenters. The fraction of sp³-hybridized carbons (Fsp3) is 0.600. The number of piperazine rings is 2. The van der Waals surface area contributed by atoms with Crippen LogP contribution in [0.1, 0.15) is 43.5 Å². The van der Waals surface area contributed by atoms with E-state index in [-0.39, 0.29) is 23.7 Å². The van der Waals surface area contributed by atoms with Crippen molar-refractivity contribution in [2.45, 2.75) is 45.4 Å². The standard InChI is InChI=1S/C20H27FN4O2/c1-13-15(5-6-17(21)16(13)9-22)18-12-24-8-7-23-10-14(24)11-25(18)19(26)27-20(2,3)4/h5-6,14,18,23H,7-8,10-12H2,1-4H3/t14?,18-/m0/s1. The Balaban J connectivity index is 1.98. The van der Waals surface area contributed by atoms with E-state index in [9.17, 15) is 14.4 Å². The molecule has 6 nitrogen and oxygen atoms in total. The molecular formula is C20H27FN4O2. The summed E-state index contributed by atoms with van der Waals surface area (Å²) >= 11 is 0. The zero-order chi connectivity index (χ0) is 19.8. The Kier molecular flexibility index (Phi) is 5.41. The van der Waals surface area contributed by atoms with Gasteiger partial charge in [-0.3, -0.25) is 9.80 Å². The van der Waals surface area contributed by atoms with Gasteiger partial charge < -0.3 is 10.1 Å². The van der Waals surface area contributed by atoms with Gasteiger partial charge in [0.05, 0.1) is 11.6 Å². The molecule has 1 N–H and O–H groups in total. The lowest BCUT2D eigenvalue weighted by Gasteiger charge is -2.48. The number of fused-ring (bicyclic) bond motifs is 1. The van der Waals surface area contributed by atoms with Gasteiger partial charge in [0.15, 0.2) is 0 Å². The van der Waals surface area contributed by atoms with Crippen LogP contribution in [0.4, 0.5) is 9.18 Å². The van der Waals surface area contributed by atoms with Crippen LogP contribution in [0, 0.1) is 24.1 Å². The molecule has 0 saturated carbocycles. The summed E-state index contributed by atoms with van der Waals surface area (Å²) in [6.07, 6.45) is -0.375. The smallest absolute Gasteiger partial charge is 0.410 e. The van der Waals surface area contributed by atoms with E-state index in [1.165, 1.54) is 6.07 Å². The van der Waals surface area contributed by atoms with Gasteiger partial charge >= 0.3 is 6.09 Å². The van der Waals surface area contributed by atoms with Gasteiger partial charge in [-0.05, 0) is 44.9 Å². The van der Waals surface area contributed by atoms with Crippen molar-refractivity contribution in [3.63, 3.8) is 0 Å². The summed E-state index contributed by atoms with van der Waals surface area (Å²) in [5, 5.41) is 12.7. The zero-order valence-electron chi connectivity index (χ0n) is 16.4. The van der Waals surface area contributed by atoms with Crippen molar-refractivity contribution in [1.29, 1.82) is 5.26 Å². The first-order chi connectivity index (χ1) is 12.7. The molecule has 146 valence electrons. The zero-order valence-corrected chi connectivity index (χ0v) is 16.4. The van der Waals surface area contributed by atoms with Crippen LogP contribution in [0.25, 0.3) is 0 Å². The van der Waals surface area contributed by atoms with E-state index in [0.29, 0.717) is 18.7 Å². The number of nitriles is 1. The molecule has 0 aliphatic carbocycles. The number of benzene rings is 1. The minimum atomic E-state index is -0.598. The summed E-state index contributed by atoms with van der Waals surface area (Å²) in [5.74, 6) is -0.529. The first-order valence-corrected chi connectivity index (χ1v) is 9.34. The monoisotopic (exact) mass is 374 g/mol. The summed E-state index contributed by atoms with van der Waals surface area (Å²) in [6.45, 7) is 11.1. The van der Waals surface area contributed by atoms with Gasteiger partial charge in [0.25, 0.3) is 0 Å². The molecule has 2 aliphatic heterocycles. The normalized spacial score (nSPS) is 23.5. The number of nitrogens with zero attached hydrogens (tertiary/aromatic N) is 3. The van der Waals surface area contributed by atoms with Crippen molar-refractivity contribution in [3.05, 3.63) is 34.6 Å². The van der Waals surface area contributed by atoms with Crippen molar-refractivity contribution in [3.8, 4) is 6.07 Å². The fourth-order valence-corrected chi connectivity index (χ4v) is 3.88. The largest absolute Gasteiger partial charge is 0.444 e. The molecule has 2 heterocycles. The number of nitrogens with one attached hydrogen (secondary N) is 1. The Morgan fingerprint density at radius 1 is 1.37 bits per heavy atom. The van der Waals surface area contributed by atoms with E-state index < -0.39 is 11.4 Å². The number of hydrogen-bond donors (Lipinski definition) is 1. The lowest BCUT2D eigenvalue weighted by atomic mass is 9.92. The van der Waals surface area contributed by atoms with Crippen LogP contribution in [0.15, 0.2) is 12.1 Å². The van der Waals surface area contributed by atoms with E-state index in [1.54, 1.807) is 17.9 Å². The molecule has 1 unspecified atom stereocenters. The van der Waals surface area contributed by atoms with E-state index >= 15 is 0 Å². The van der Waals surface area contributed by atoms with Gasteiger partial charge in [0.1, 0.15) is 17.5 Å². The predicted octanol–water partition coefficient (Wildman–Crippen LogP) is 2.57. The summed E-state index contributed by atoms with van der Waals surface area (Å²) in [7, 11) is 0. The maximum atomic E-state index is 14.0. The maximum absolute atomic E-state index is 14.0. The number of rotatable bonds is 1. The molecule has 0 radical (unpaired) electrons. The third-order valence-corrected chi connectivity index (χ3v) is 5.22. The first-order valence-electron chi connectivity index (χ1n) is 9.34. The van der Waals surface area contributed by atoms with E-state index in [0.717, 1.165) is 25.2 Å². The molecule has 1 aromatic carbocycles. The highest BCUT2D eigenvalue weighted by Gasteiger charge is 2.40. The van der Waals surface area contributed by atoms with E-state index in [4.69, 9.17) is 4.74 Å². The number of carbonyl (C=O) groups is 1. The summed E-state index contributed by atoms with van der Waals surface area (Å²) in [6, 6.07) is 4.90. The second-order valence-electron chi connectivity index (χ2n) is 8.25. The first kappa shape index (κ1) is 19.6. The number of halogens is 1. The van der Waals surface area contributed by atoms with Gasteiger partial charge in [-0.2, -0.15) is 5.26 Å². The van der Waals surface area contributed by atoms with Crippen molar-refractivity contribution in [2.75, 3.05) is 32.7 Å². The molecule has 1 aromatic rings. The van der Waals surface area contributed by atoms with Gasteiger partial charge in [0, 0.05) is 38.8 Å². The SMILES string of the molecule is Cc1c([C@@H]2CN3CCNCC3CN2C(=O)OC(C)(C)C)ccc(F)c1C#N. The molecule has 2 saturated heterocycles. The Bertz CT molecular complexity index is 768. The number of ether oxygens (including phenoxy) is 1. The van der Waals surface area contributed by atoms with Gasteiger partial charge in [-0.1, -0.05) is 6.07 Å². The van der Waals surface area contributed by atoms with Gasteiger partial charge in [0.2, 0.25) is 0 Å². The molecule has 2 aliphatic rings. The number of amides is 1. The highest BCUT2D eigenvalue weighted by atomic mass is 19.1. The Hall–Kier alpha value is -2.17. The van der Waals surface area contributed by atoms with Crippen LogP contribution in [0.2, 0.25) is 0 Å². The summed E-state index contributed by atoms with van der Waals surface area (Å²) < 4.78 is 19.6. The quantitative estimate of drug-likeness (QED) is 0.818. The van der Waals surface area contributed by atoms with Crippen LogP contribution in [0.3, 0.4) is 0 Å². The minimum Gasteiger partial charge on any atom is -0.444 e. The van der Waals surface area contributed by atoms with Crippen molar-refractivity contribution in [2.24, 2.45) is 0 Å². The van der Waals surface area contributed by atoms with Crippen LogP contribution in [0.5, 0.6) is 0 Å². The van der Waals surface area contributed by atoms with Crippen molar-refractivity contribution >= 4 is 6.09 Å². The van der Waals surface area contributed by atoms with Crippen molar-refractivity contribution < 1.29 is 13.9 Å². The molecule has 0 aromatic heterocycles. The highest BCUT2D eigenvalue weighted by Crippen LogP contribution is 2.33. The molecule has 3 rings (SSSR count).